The molecule has 2 amide bonds. The monoisotopic (exact) mass is 438 g/mol. The third-order valence-corrected chi connectivity index (χ3v) is 5.47. The lowest BCUT2D eigenvalue weighted by Crippen LogP contribution is -2.40. The first-order valence-electron chi connectivity index (χ1n) is 9.63. The predicted octanol–water partition coefficient (Wildman–Crippen LogP) is 3.86. The molecule has 1 heterocycles. The topological polar surface area (TPSA) is 104 Å². The smallest absolute Gasteiger partial charge is 0.270 e. The molecule has 1 fully saturated rings. The van der Waals surface area contributed by atoms with E-state index < -0.39 is 17.5 Å². The minimum atomic E-state index is -1.10. The molecule has 7 nitrogen and oxygen atoms in total. The molecule has 10 heteroatoms. The van der Waals surface area contributed by atoms with Crippen LogP contribution in [0.5, 0.6) is 0 Å². The minimum Gasteiger partial charge on any atom is -0.348 e. The van der Waals surface area contributed by atoms with Gasteiger partial charge in [-0.25, -0.2) is 13.8 Å². The zero-order valence-electron chi connectivity index (χ0n) is 16.2. The Morgan fingerprint density at radius 2 is 1.83 bits per heavy atom. The van der Waals surface area contributed by atoms with Crippen molar-refractivity contribution in [2.75, 3.05) is 5.32 Å². The molecule has 1 saturated carbocycles. The van der Waals surface area contributed by atoms with Gasteiger partial charge in [0.05, 0.1) is 17.0 Å². The average molecular weight is 439 g/mol. The molecule has 3 rings (SSSR count). The molecule has 0 unspecified atom stereocenters. The van der Waals surface area contributed by atoms with Crippen LogP contribution in [-0.4, -0.2) is 33.6 Å². The third-order valence-electron chi connectivity index (χ3n) is 5.15. The Morgan fingerprint density at radius 1 is 1.17 bits per heavy atom. The molecule has 30 heavy (non-hydrogen) atoms. The number of aromatic amines is 1. The Bertz CT molecular complexity index is 971. The zero-order valence-corrected chi connectivity index (χ0v) is 17.0. The Kier molecular flexibility index (Phi) is 6.81. The van der Waals surface area contributed by atoms with Crippen molar-refractivity contribution in [3.63, 3.8) is 0 Å². The maximum Gasteiger partial charge on any atom is 0.270 e. The molecule has 0 spiro atoms. The highest BCUT2D eigenvalue weighted by molar-refractivity contribution is 6.33. The predicted molar refractivity (Wildman–Crippen MR) is 106 cm³/mol. The number of nitrogens with zero attached hydrogens (tertiary/aromatic N) is 1. The molecule has 0 saturated heterocycles. The van der Waals surface area contributed by atoms with Gasteiger partial charge < -0.3 is 15.6 Å². The Labute approximate surface area is 176 Å². The fourth-order valence-electron chi connectivity index (χ4n) is 3.46. The summed E-state index contributed by atoms with van der Waals surface area (Å²) in [4.78, 5) is 43.4. The molecule has 1 aliphatic rings. The lowest BCUT2D eigenvalue weighted by Gasteiger charge is -2.28. The van der Waals surface area contributed by atoms with E-state index in [4.69, 9.17) is 11.6 Å². The highest BCUT2D eigenvalue weighted by atomic mass is 35.5. The van der Waals surface area contributed by atoms with Crippen molar-refractivity contribution in [2.24, 2.45) is 5.92 Å². The van der Waals surface area contributed by atoms with Gasteiger partial charge >= 0.3 is 0 Å². The number of H-pyrrole nitrogens is 1. The lowest BCUT2D eigenvalue weighted by molar-refractivity contribution is -0.120. The summed E-state index contributed by atoms with van der Waals surface area (Å²) in [7, 11) is 0. The fraction of sp³-hybridized carbons (Fsp3) is 0.400. The van der Waals surface area contributed by atoms with Crippen molar-refractivity contribution in [2.45, 2.75) is 45.1 Å². The van der Waals surface area contributed by atoms with Crippen LogP contribution in [0.4, 0.5) is 14.5 Å². The number of nitrogens with one attached hydrogen (secondary N) is 3. The number of rotatable bonds is 6. The summed E-state index contributed by atoms with van der Waals surface area (Å²) in [5.74, 6) is -3.50. The molecule has 0 atom stereocenters. The molecular weight excluding hydrogens is 418 g/mol. The van der Waals surface area contributed by atoms with E-state index in [-0.39, 0.29) is 52.2 Å². The standard InChI is InChI=1S/C20H21ClF2N4O3/c1-2-16(28)17-18(25-9-24-17)20(30)26-11-5-3-10(4-6-11)19(29)27-15-8-14(23)13(22)7-12(15)21/h7-11H,2-6H2,1H3,(H,24,25)(H,26,30)(H,27,29). The van der Waals surface area contributed by atoms with E-state index in [0.717, 1.165) is 12.1 Å². The number of ketones is 1. The summed E-state index contributed by atoms with van der Waals surface area (Å²) < 4.78 is 26.5. The number of aromatic nitrogens is 2. The van der Waals surface area contributed by atoms with E-state index in [9.17, 15) is 23.2 Å². The maximum atomic E-state index is 13.4. The first-order chi connectivity index (χ1) is 14.3. The van der Waals surface area contributed by atoms with Crippen LogP contribution in [0.1, 0.15) is 60.0 Å². The normalized spacial score (nSPS) is 18.7. The van der Waals surface area contributed by atoms with E-state index in [1.54, 1.807) is 6.92 Å². The van der Waals surface area contributed by atoms with Crippen molar-refractivity contribution in [1.82, 2.24) is 15.3 Å². The van der Waals surface area contributed by atoms with Crippen LogP contribution in [0.15, 0.2) is 18.5 Å². The van der Waals surface area contributed by atoms with Gasteiger partial charge in [0.25, 0.3) is 5.91 Å². The molecule has 0 radical (unpaired) electrons. The fourth-order valence-corrected chi connectivity index (χ4v) is 3.65. The summed E-state index contributed by atoms with van der Waals surface area (Å²) in [5.41, 5.74) is 0.268. The largest absolute Gasteiger partial charge is 0.348 e. The number of hydrogen-bond donors (Lipinski definition) is 3. The number of Topliss-reactive ketones (excluding diaryl/α,β-unsaturated/α-hetero) is 1. The van der Waals surface area contributed by atoms with Gasteiger partial charge in [-0.15, -0.1) is 0 Å². The van der Waals surface area contributed by atoms with Gasteiger partial charge in [-0.3, -0.25) is 14.4 Å². The van der Waals surface area contributed by atoms with E-state index in [2.05, 4.69) is 20.6 Å². The van der Waals surface area contributed by atoms with Crippen LogP contribution in [0.3, 0.4) is 0 Å². The van der Waals surface area contributed by atoms with Crippen molar-refractivity contribution < 1.29 is 23.2 Å². The van der Waals surface area contributed by atoms with E-state index in [0.29, 0.717) is 25.7 Å². The van der Waals surface area contributed by atoms with Gasteiger partial charge in [-0.2, -0.15) is 0 Å². The number of benzene rings is 1. The molecule has 3 N–H and O–H groups in total. The summed E-state index contributed by atoms with van der Waals surface area (Å²) in [6, 6.07) is 1.51. The highest BCUT2D eigenvalue weighted by Crippen LogP contribution is 2.29. The van der Waals surface area contributed by atoms with Crippen LogP contribution in [0.25, 0.3) is 0 Å². The number of carbonyl (C=O) groups is 3. The second-order valence-corrected chi connectivity index (χ2v) is 7.57. The second kappa shape index (κ2) is 9.34. The SMILES string of the molecule is CCC(=O)c1nc[nH]c1C(=O)NC1CCC(C(=O)Nc2cc(F)c(F)cc2Cl)CC1. The van der Waals surface area contributed by atoms with Gasteiger partial charge in [-0.1, -0.05) is 18.5 Å². The van der Waals surface area contributed by atoms with Crippen molar-refractivity contribution in [3.05, 3.63) is 46.5 Å². The highest BCUT2D eigenvalue weighted by Gasteiger charge is 2.29. The van der Waals surface area contributed by atoms with Crippen LogP contribution in [-0.2, 0) is 4.79 Å². The third kappa shape index (κ3) is 4.84. The second-order valence-electron chi connectivity index (χ2n) is 7.16. The van der Waals surface area contributed by atoms with Gasteiger partial charge in [0.15, 0.2) is 17.4 Å². The summed E-state index contributed by atoms with van der Waals surface area (Å²) in [6.07, 6.45) is 3.67. The lowest BCUT2D eigenvalue weighted by atomic mass is 9.85. The van der Waals surface area contributed by atoms with Gasteiger partial charge in [0.1, 0.15) is 11.4 Å². The van der Waals surface area contributed by atoms with E-state index >= 15 is 0 Å². The first kappa shape index (κ1) is 21.9. The first-order valence-corrected chi connectivity index (χ1v) is 10.0. The Hall–Kier alpha value is -2.81. The molecule has 1 aliphatic carbocycles. The number of hydrogen-bond acceptors (Lipinski definition) is 4. The van der Waals surface area contributed by atoms with Crippen LogP contribution < -0.4 is 10.6 Å². The van der Waals surface area contributed by atoms with Crippen LogP contribution >= 0.6 is 11.6 Å². The molecule has 2 aromatic rings. The molecule has 0 aliphatic heterocycles. The Morgan fingerprint density at radius 3 is 2.50 bits per heavy atom. The summed E-state index contributed by atoms with van der Waals surface area (Å²) in [5, 5.41) is 5.32. The van der Waals surface area contributed by atoms with E-state index in [1.165, 1.54) is 6.33 Å². The molecule has 160 valence electrons. The number of amides is 2. The van der Waals surface area contributed by atoms with Gasteiger partial charge in [0.2, 0.25) is 5.91 Å². The van der Waals surface area contributed by atoms with Crippen LogP contribution in [0.2, 0.25) is 5.02 Å². The average Bonchev–Trinajstić information content (AvgIpc) is 3.22. The Balaban J connectivity index is 1.54. The maximum absolute atomic E-state index is 13.4. The molecular formula is C20H21ClF2N4O3. The summed E-state index contributed by atoms with van der Waals surface area (Å²) >= 11 is 5.86. The van der Waals surface area contributed by atoms with Crippen molar-refractivity contribution >= 4 is 34.9 Å². The number of carbonyl (C=O) groups excluding carboxylic acids is 3. The van der Waals surface area contributed by atoms with Crippen molar-refractivity contribution in [3.8, 4) is 0 Å². The molecule has 1 aromatic carbocycles. The van der Waals surface area contributed by atoms with E-state index in [1.807, 2.05) is 0 Å². The van der Waals surface area contributed by atoms with Gasteiger partial charge in [-0.05, 0) is 31.7 Å². The number of halogens is 3. The molecule has 0 bridgehead atoms. The number of imidazole rings is 1. The van der Waals surface area contributed by atoms with Crippen LogP contribution in [0, 0.1) is 17.6 Å². The quantitative estimate of drug-likeness (QED) is 0.470. The summed E-state index contributed by atoms with van der Waals surface area (Å²) in [6.45, 7) is 1.69. The molecule has 1 aromatic heterocycles. The number of anilines is 1. The zero-order chi connectivity index (χ0) is 21.8. The minimum absolute atomic E-state index is 0.0170. The van der Waals surface area contributed by atoms with Gasteiger partial charge in [0, 0.05) is 24.4 Å². The van der Waals surface area contributed by atoms with Crippen molar-refractivity contribution in [1.29, 1.82) is 0 Å².